The van der Waals surface area contributed by atoms with Gasteiger partial charge >= 0.3 is 0 Å². The Morgan fingerprint density at radius 2 is 2.08 bits per heavy atom. The summed E-state index contributed by atoms with van der Waals surface area (Å²) in [6.07, 6.45) is 2.18. The van der Waals surface area contributed by atoms with E-state index in [1.54, 1.807) is 6.92 Å². The summed E-state index contributed by atoms with van der Waals surface area (Å²) in [5, 5.41) is 3.49. The highest BCUT2D eigenvalue weighted by Gasteiger charge is 2.31. The number of carbonyl (C=O) groups is 1. The van der Waals surface area contributed by atoms with Gasteiger partial charge in [0, 0.05) is 69.9 Å². The van der Waals surface area contributed by atoms with Crippen molar-refractivity contribution in [2.45, 2.75) is 38.8 Å². The lowest BCUT2D eigenvalue weighted by Crippen LogP contribution is -2.45. The minimum absolute atomic E-state index is 0.149. The Morgan fingerprint density at radius 1 is 1.20 bits per heavy atom. The summed E-state index contributed by atoms with van der Waals surface area (Å²) in [7, 11) is 0. The van der Waals surface area contributed by atoms with Crippen molar-refractivity contribution < 1.29 is 4.79 Å². The van der Waals surface area contributed by atoms with Crippen molar-refractivity contribution in [3.05, 3.63) is 33.7 Å². The van der Waals surface area contributed by atoms with Gasteiger partial charge in [0.1, 0.15) is 0 Å². The summed E-state index contributed by atoms with van der Waals surface area (Å²) in [5.41, 5.74) is 2.30. The Kier molecular flexibility index (Phi) is 4.65. The maximum Gasteiger partial charge on any atom is 0.255 e. The molecule has 1 aromatic rings. The van der Waals surface area contributed by atoms with Gasteiger partial charge in [-0.3, -0.25) is 14.5 Å². The second-order valence-corrected chi connectivity index (χ2v) is 7.79. The minimum Gasteiger partial charge on any atom is -0.342 e. The van der Waals surface area contributed by atoms with Gasteiger partial charge < -0.3 is 14.8 Å². The van der Waals surface area contributed by atoms with Gasteiger partial charge in [0.2, 0.25) is 5.91 Å². The highest BCUT2D eigenvalue weighted by molar-refractivity contribution is 5.73. The van der Waals surface area contributed by atoms with Crippen LogP contribution >= 0.6 is 0 Å². The number of piperidine rings is 1. The summed E-state index contributed by atoms with van der Waals surface area (Å²) >= 11 is 0. The van der Waals surface area contributed by atoms with Crippen molar-refractivity contribution >= 4 is 5.91 Å². The molecule has 4 rings (SSSR count). The molecule has 6 nitrogen and oxygen atoms in total. The minimum atomic E-state index is 0.149. The summed E-state index contributed by atoms with van der Waals surface area (Å²) in [6, 6.07) is 4.21. The van der Waals surface area contributed by atoms with Crippen molar-refractivity contribution in [3.8, 4) is 0 Å². The fourth-order valence-electron chi connectivity index (χ4n) is 4.64. The van der Waals surface area contributed by atoms with E-state index in [4.69, 9.17) is 0 Å². The lowest BCUT2D eigenvalue weighted by atomic mass is 9.84. The van der Waals surface area contributed by atoms with Crippen LogP contribution < -0.4 is 10.9 Å². The molecular formula is C19H28N4O2. The first-order valence-corrected chi connectivity index (χ1v) is 9.53. The van der Waals surface area contributed by atoms with Crippen LogP contribution in [0.5, 0.6) is 0 Å². The summed E-state index contributed by atoms with van der Waals surface area (Å²) < 4.78 is 2.04. The van der Waals surface area contributed by atoms with Crippen molar-refractivity contribution in [2.24, 2.45) is 5.92 Å². The van der Waals surface area contributed by atoms with Crippen LogP contribution in [-0.2, 0) is 17.9 Å². The zero-order chi connectivity index (χ0) is 17.4. The fraction of sp³-hybridized carbons (Fsp3) is 0.684. The number of amides is 1. The molecular weight excluding hydrogens is 316 g/mol. The predicted molar refractivity (Wildman–Crippen MR) is 96.6 cm³/mol. The fourth-order valence-corrected chi connectivity index (χ4v) is 4.64. The average molecular weight is 344 g/mol. The first-order chi connectivity index (χ1) is 12.1. The van der Waals surface area contributed by atoms with Crippen LogP contribution in [0.1, 0.15) is 36.9 Å². The number of nitrogens with one attached hydrogen (secondary N) is 1. The molecule has 0 aromatic carbocycles. The molecule has 2 atom stereocenters. The Morgan fingerprint density at radius 3 is 2.92 bits per heavy atom. The molecule has 6 heteroatoms. The molecule has 1 N–H and O–H groups in total. The summed E-state index contributed by atoms with van der Waals surface area (Å²) in [5.74, 6) is 1.22. The highest BCUT2D eigenvalue weighted by Crippen LogP contribution is 2.31. The van der Waals surface area contributed by atoms with Gasteiger partial charge in [0.15, 0.2) is 0 Å². The van der Waals surface area contributed by atoms with Crippen LogP contribution in [-0.4, -0.2) is 59.5 Å². The molecule has 0 aliphatic carbocycles. The van der Waals surface area contributed by atoms with Crippen molar-refractivity contribution in [2.75, 3.05) is 39.3 Å². The first kappa shape index (κ1) is 16.8. The van der Waals surface area contributed by atoms with Crippen molar-refractivity contribution in [3.63, 3.8) is 0 Å². The molecule has 1 amide bonds. The molecule has 2 fully saturated rings. The molecule has 136 valence electrons. The molecule has 2 saturated heterocycles. The normalized spacial score (nSPS) is 26.8. The number of fused-ring (bicyclic) bond motifs is 4. The number of rotatable bonds is 2. The van der Waals surface area contributed by atoms with E-state index in [1.807, 2.05) is 15.5 Å². The van der Waals surface area contributed by atoms with Gasteiger partial charge in [-0.2, -0.15) is 0 Å². The van der Waals surface area contributed by atoms with Gasteiger partial charge in [-0.05, 0) is 31.4 Å². The topological polar surface area (TPSA) is 57.6 Å². The number of nitrogens with zero attached hydrogens (tertiary/aromatic N) is 3. The molecule has 25 heavy (non-hydrogen) atoms. The number of hydrogen-bond acceptors (Lipinski definition) is 4. The zero-order valence-electron chi connectivity index (χ0n) is 15.0. The Hall–Kier alpha value is -1.66. The monoisotopic (exact) mass is 344 g/mol. The predicted octanol–water partition coefficient (Wildman–Crippen LogP) is 0.609. The third-order valence-electron chi connectivity index (χ3n) is 6.02. The second-order valence-electron chi connectivity index (χ2n) is 7.79. The van der Waals surface area contributed by atoms with Gasteiger partial charge in [-0.15, -0.1) is 0 Å². The van der Waals surface area contributed by atoms with Crippen LogP contribution in [0.2, 0.25) is 0 Å². The van der Waals surface area contributed by atoms with E-state index < -0.39 is 0 Å². The smallest absolute Gasteiger partial charge is 0.255 e. The van der Waals surface area contributed by atoms with E-state index >= 15 is 0 Å². The van der Waals surface area contributed by atoms with Crippen molar-refractivity contribution in [1.29, 1.82) is 0 Å². The van der Waals surface area contributed by atoms with E-state index in [-0.39, 0.29) is 11.5 Å². The number of carbonyl (C=O) groups excluding carboxylic acids is 1. The standard InChI is InChI=1S/C19H28N4O2/c1-14(24)22-6-2-5-21(7-8-22)13-16-3-4-18-17-9-15(10-20-11-17)12-23(18)19(16)25/h3-4,15,17,20H,2,5-13H2,1H3/t15-,17+/m0/s1. The maximum atomic E-state index is 13.0. The molecule has 3 aliphatic rings. The van der Waals surface area contributed by atoms with E-state index in [2.05, 4.69) is 16.3 Å². The van der Waals surface area contributed by atoms with Crippen LogP contribution in [0.4, 0.5) is 0 Å². The molecule has 3 aliphatic heterocycles. The van der Waals surface area contributed by atoms with Crippen molar-refractivity contribution in [1.82, 2.24) is 19.7 Å². The number of aromatic nitrogens is 1. The molecule has 0 unspecified atom stereocenters. The average Bonchev–Trinajstić information content (AvgIpc) is 2.84. The van der Waals surface area contributed by atoms with E-state index in [0.717, 1.165) is 57.8 Å². The van der Waals surface area contributed by atoms with E-state index in [0.29, 0.717) is 18.4 Å². The van der Waals surface area contributed by atoms with E-state index in [9.17, 15) is 9.59 Å². The Labute approximate surface area is 148 Å². The third kappa shape index (κ3) is 3.37. The van der Waals surface area contributed by atoms with Gasteiger partial charge in [0.05, 0.1) is 0 Å². The largest absolute Gasteiger partial charge is 0.342 e. The van der Waals surface area contributed by atoms with Gasteiger partial charge in [0.25, 0.3) is 5.56 Å². The molecule has 1 aromatic heterocycles. The second kappa shape index (κ2) is 6.92. The van der Waals surface area contributed by atoms with Gasteiger partial charge in [-0.1, -0.05) is 6.07 Å². The molecule has 0 spiro atoms. The lowest BCUT2D eigenvalue weighted by molar-refractivity contribution is -0.128. The molecule has 4 heterocycles. The number of hydrogen-bond donors (Lipinski definition) is 1. The number of pyridine rings is 1. The van der Waals surface area contributed by atoms with E-state index in [1.165, 1.54) is 12.1 Å². The quantitative estimate of drug-likeness (QED) is 0.854. The Balaban J connectivity index is 1.51. The van der Waals surface area contributed by atoms with Crippen LogP contribution in [0.25, 0.3) is 0 Å². The molecule has 0 saturated carbocycles. The SMILES string of the molecule is CC(=O)N1CCCN(Cc2ccc3n(c2=O)C[C@@H]2CNC[C@H]3C2)CC1. The van der Waals surface area contributed by atoms with Gasteiger partial charge in [-0.25, -0.2) is 0 Å². The van der Waals surface area contributed by atoms with Crippen LogP contribution in [0.3, 0.4) is 0 Å². The van der Waals surface area contributed by atoms with Crippen LogP contribution in [0, 0.1) is 5.92 Å². The zero-order valence-corrected chi connectivity index (χ0v) is 15.0. The summed E-state index contributed by atoms with van der Waals surface area (Å²) in [6.45, 7) is 8.57. The summed E-state index contributed by atoms with van der Waals surface area (Å²) in [4.78, 5) is 28.8. The molecule has 2 bridgehead atoms. The van der Waals surface area contributed by atoms with Crippen LogP contribution in [0.15, 0.2) is 16.9 Å². The third-order valence-corrected chi connectivity index (χ3v) is 6.02. The molecule has 0 radical (unpaired) electrons. The Bertz CT molecular complexity index is 714. The maximum absolute atomic E-state index is 13.0. The highest BCUT2D eigenvalue weighted by atomic mass is 16.2. The first-order valence-electron chi connectivity index (χ1n) is 9.53. The lowest BCUT2D eigenvalue weighted by Gasteiger charge is -2.37.